The standard InChI is InChI=1S/C29H48N4O3/c1-6-33(18-17-31-16-15-30-5)27(35)36-32-20(2)24-9-10-25-23-8-7-21-19-22(34)11-13-28(21,3)26(23)12-14-29(24,25)4/h19,23-26,30-31H,6-18H2,1-5H3/b32-20+/t23-,24+,25-,26-,28-,29+/m0/s1. The smallest absolute Gasteiger partial charge is 0.318 e. The highest BCUT2D eigenvalue weighted by Crippen LogP contribution is 2.66. The summed E-state index contributed by atoms with van der Waals surface area (Å²) >= 11 is 0. The van der Waals surface area contributed by atoms with E-state index >= 15 is 0 Å². The van der Waals surface area contributed by atoms with Crippen LogP contribution in [0.2, 0.25) is 0 Å². The Morgan fingerprint density at radius 3 is 2.67 bits per heavy atom. The van der Waals surface area contributed by atoms with Gasteiger partial charge in [-0.05, 0) is 101 Å². The molecule has 1 amide bonds. The van der Waals surface area contributed by atoms with E-state index in [0.29, 0.717) is 43.0 Å². The number of ketones is 1. The van der Waals surface area contributed by atoms with E-state index in [1.54, 1.807) is 4.90 Å². The average Bonchev–Trinajstić information content (AvgIpc) is 3.22. The van der Waals surface area contributed by atoms with Crippen molar-refractivity contribution in [3.8, 4) is 0 Å². The predicted molar refractivity (Wildman–Crippen MR) is 144 cm³/mol. The molecular formula is C29H48N4O3. The summed E-state index contributed by atoms with van der Waals surface area (Å²) in [6, 6.07) is 0. The Hall–Kier alpha value is -1.73. The molecule has 0 unspecified atom stereocenters. The number of likely N-dealkylation sites (N-methyl/N-ethyl adjacent to an activating group) is 2. The minimum Gasteiger partial charge on any atom is -0.318 e. The Labute approximate surface area is 217 Å². The Balaban J connectivity index is 1.38. The van der Waals surface area contributed by atoms with Crippen molar-refractivity contribution in [3.63, 3.8) is 0 Å². The van der Waals surface area contributed by atoms with Crippen molar-refractivity contribution < 1.29 is 14.4 Å². The lowest BCUT2D eigenvalue weighted by Gasteiger charge is -2.58. The summed E-state index contributed by atoms with van der Waals surface area (Å²) < 4.78 is 0. The van der Waals surface area contributed by atoms with Gasteiger partial charge in [0.1, 0.15) is 0 Å². The maximum absolute atomic E-state index is 12.7. The number of rotatable bonds is 9. The first-order chi connectivity index (χ1) is 17.2. The lowest BCUT2D eigenvalue weighted by atomic mass is 9.46. The van der Waals surface area contributed by atoms with Crippen LogP contribution >= 0.6 is 0 Å². The van der Waals surface area contributed by atoms with Gasteiger partial charge in [0.25, 0.3) is 0 Å². The Morgan fingerprint density at radius 2 is 1.92 bits per heavy atom. The molecule has 202 valence electrons. The normalized spacial score (nSPS) is 36.0. The van der Waals surface area contributed by atoms with Gasteiger partial charge in [-0.1, -0.05) is 24.6 Å². The molecule has 7 nitrogen and oxygen atoms in total. The van der Waals surface area contributed by atoms with Crippen LogP contribution in [0.1, 0.15) is 79.1 Å². The largest absolute Gasteiger partial charge is 0.436 e. The molecule has 2 N–H and O–H groups in total. The Kier molecular flexibility index (Phi) is 8.60. The molecule has 0 aliphatic heterocycles. The second-order valence-electron chi connectivity index (χ2n) is 12.2. The zero-order chi connectivity index (χ0) is 25.9. The van der Waals surface area contributed by atoms with E-state index in [0.717, 1.165) is 50.5 Å². The minimum absolute atomic E-state index is 0.209. The van der Waals surface area contributed by atoms with E-state index in [1.165, 1.54) is 31.3 Å². The number of hydrogen-bond donors (Lipinski definition) is 2. The van der Waals surface area contributed by atoms with Gasteiger partial charge in [-0.15, -0.1) is 0 Å². The molecule has 0 saturated heterocycles. The molecule has 4 aliphatic rings. The third-order valence-electron chi connectivity index (χ3n) is 10.5. The van der Waals surface area contributed by atoms with E-state index < -0.39 is 0 Å². The van der Waals surface area contributed by atoms with Crippen LogP contribution in [-0.4, -0.2) is 62.3 Å². The maximum Gasteiger partial charge on any atom is 0.436 e. The molecule has 0 bridgehead atoms. The van der Waals surface area contributed by atoms with Gasteiger partial charge in [0.15, 0.2) is 5.78 Å². The van der Waals surface area contributed by atoms with Crippen LogP contribution in [0.4, 0.5) is 4.79 Å². The van der Waals surface area contributed by atoms with Crippen LogP contribution < -0.4 is 10.6 Å². The fourth-order valence-electron chi connectivity index (χ4n) is 8.41. The fraction of sp³-hybridized carbons (Fsp3) is 0.828. The van der Waals surface area contributed by atoms with Gasteiger partial charge < -0.3 is 15.5 Å². The van der Waals surface area contributed by atoms with Crippen molar-refractivity contribution in [2.75, 3.05) is 39.8 Å². The number of hydrogen-bond acceptors (Lipinski definition) is 6. The molecule has 36 heavy (non-hydrogen) atoms. The summed E-state index contributed by atoms with van der Waals surface area (Å²) in [4.78, 5) is 32.0. The zero-order valence-electron chi connectivity index (χ0n) is 23.2. The van der Waals surface area contributed by atoms with Crippen LogP contribution in [0.15, 0.2) is 16.8 Å². The van der Waals surface area contributed by atoms with Crippen molar-refractivity contribution in [1.29, 1.82) is 0 Å². The summed E-state index contributed by atoms with van der Waals surface area (Å²) in [6.07, 6.45) is 10.5. The van der Waals surface area contributed by atoms with Crippen LogP contribution in [0.3, 0.4) is 0 Å². The van der Waals surface area contributed by atoms with E-state index in [4.69, 9.17) is 4.84 Å². The quantitative estimate of drug-likeness (QED) is 0.206. The third-order valence-corrected chi connectivity index (χ3v) is 10.5. The number of carbonyl (C=O) groups is 2. The molecule has 0 spiro atoms. The second kappa shape index (κ2) is 11.3. The molecule has 7 heteroatoms. The van der Waals surface area contributed by atoms with Gasteiger partial charge in [-0.2, -0.15) is 0 Å². The molecule has 6 atom stereocenters. The van der Waals surface area contributed by atoms with Gasteiger partial charge in [0, 0.05) is 45.1 Å². The van der Waals surface area contributed by atoms with Crippen molar-refractivity contribution in [2.45, 2.75) is 79.1 Å². The topological polar surface area (TPSA) is 83.0 Å². The summed E-state index contributed by atoms with van der Waals surface area (Å²) in [5.41, 5.74) is 2.83. The van der Waals surface area contributed by atoms with Gasteiger partial charge in [0.05, 0.1) is 5.71 Å². The highest BCUT2D eigenvalue weighted by Gasteiger charge is 2.59. The van der Waals surface area contributed by atoms with E-state index in [2.05, 4.69) is 36.6 Å². The summed E-state index contributed by atoms with van der Waals surface area (Å²) in [5.74, 6) is 2.81. The van der Waals surface area contributed by atoms with E-state index in [9.17, 15) is 9.59 Å². The SMILES string of the molecule is CCN(CCNCCNC)C(=O)O/N=C(\C)[C@H]1CC[C@H]2[C@@H]3CCC4=CC(=O)CC[C@]4(C)[C@H]3CC[C@]12C. The highest BCUT2D eigenvalue weighted by molar-refractivity contribution is 5.91. The number of carbonyl (C=O) groups excluding carboxylic acids is 2. The molecule has 4 rings (SSSR count). The minimum atomic E-state index is -0.359. The maximum atomic E-state index is 12.7. The molecule has 3 fully saturated rings. The average molecular weight is 501 g/mol. The van der Waals surface area contributed by atoms with Crippen LogP contribution in [-0.2, 0) is 9.63 Å². The van der Waals surface area contributed by atoms with Gasteiger partial charge in [-0.25, -0.2) is 4.79 Å². The Bertz CT molecular complexity index is 886. The number of nitrogens with zero attached hydrogens (tertiary/aromatic N) is 2. The van der Waals surface area contributed by atoms with E-state index in [-0.39, 0.29) is 16.9 Å². The lowest BCUT2D eigenvalue weighted by Crippen LogP contribution is -2.51. The van der Waals surface area contributed by atoms with Crippen molar-refractivity contribution in [2.24, 2.45) is 39.7 Å². The van der Waals surface area contributed by atoms with Gasteiger partial charge in [0.2, 0.25) is 0 Å². The van der Waals surface area contributed by atoms with Crippen molar-refractivity contribution >= 4 is 17.6 Å². The van der Waals surface area contributed by atoms with Crippen molar-refractivity contribution in [3.05, 3.63) is 11.6 Å². The second-order valence-corrected chi connectivity index (χ2v) is 12.2. The number of allylic oxidation sites excluding steroid dienone is 1. The molecular weight excluding hydrogens is 452 g/mol. The molecule has 0 aromatic heterocycles. The monoisotopic (exact) mass is 500 g/mol. The predicted octanol–water partition coefficient (Wildman–Crippen LogP) is 4.78. The molecule has 0 radical (unpaired) electrons. The summed E-state index contributed by atoms with van der Waals surface area (Å²) in [6.45, 7) is 12.7. The molecule has 0 aromatic carbocycles. The number of oxime groups is 1. The molecule has 0 heterocycles. The summed E-state index contributed by atoms with van der Waals surface area (Å²) in [5, 5.41) is 10.8. The van der Waals surface area contributed by atoms with Crippen LogP contribution in [0, 0.1) is 34.5 Å². The fourth-order valence-corrected chi connectivity index (χ4v) is 8.41. The first kappa shape index (κ1) is 27.3. The first-order valence-electron chi connectivity index (χ1n) is 14.3. The van der Waals surface area contributed by atoms with Gasteiger partial charge >= 0.3 is 6.09 Å². The summed E-state index contributed by atoms with van der Waals surface area (Å²) in [7, 11) is 1.93. The lowest BCUT2D eigenvalue weighted by molar-refractivity contribution is -0.117. The molecule has 3 saturated carbocycles. The molecule has 4 aliphatic carbocycles. The third kappa shape index (κ3) is 5.15. The zero-order valence-corrected chi connectivity index (χ0v) is 23.2. The van der Waals surface area contributed by atoms with Crippen LogP contribution in [0.25, 0.3) is 0 Å². The number of amides is 1. The van der Waals surface area contributed by atoms with Crippen molar-refractivity contribution in [1.82, 2.24) is 15.5 Å². The van der Waals surface area contributed by atoms with E-state index in [1.807, 2.05) is 20.0 Å². The number of fused-ring (bicyclic) bond motifs is 5. The van der Waals surface area contributed by atoms with Crippen LogP contribution in [0.5, 0.6) is 0 Å². The first-order valence-corrected chi connectivity index (χ1v) is 14.3. The molecule has 0 aromatic rings. The Morgan fingerprint density at radius 1 is 1.11 bits per heavy atom. The number of nitrogens with one attached hydrogen (secondary N) is 2. The highest BCUT2D eigenvalue weighted by atomic mass is 16.7. The van der Waals surface area contributed by atoms with Gasteiger partial charge in [-0.3, -0.25) is 9.63 Å².